The Kier molecular flexibility index (Phi) is 7.40. The Bertz CT molecular complexity index is 698. The highest BCUT2D eigenvalue weighted by molar-refractivity contribution is 5.89. The predicted molar refractivity (Wildman–Crippen MR) is 100.0 cm³/mol. The maximum atomic E-state index is 12.5. The molecule has 0 saturated carbocycles. The third-order valence-corrected chi connectivity index (χ3v) is 4.37. The summed E-state index contributed by atoms with van der Waals surface area (Å²) in [5.41, 5.74) is 1.83. The fraction of sp³-hybridized carbons (Fsp3) is 0.450. The van der Waals surface area contributed by atoms with Gasteiger partial charge in [0, 0.05) is 6.54 Å². The number of likely N-dealkylation sites (tertiary alicyclic amines) is 1. The van der Waals surface area contributed by atoms with E-state index in [1.54, 1.807) is 6.08 Å². The van der Waals surface area contributed by atoms with Gasteiger partial charge in [0.05, 0.1) is 0 Å². The number of nitrogens with zero attached hydrogens (tertiary/aromatic N) is 1. The number of amides is 2. The van der Waals surface area contributed by atoms with Crippen LogP contribution in [0.5, 0.6) is 0 Å². The first-order chi connectivity index (χ1) is 12.9. The summed E-state index contributed by atoms with van der Waals surface area (Å²) < 4.78 is 5.30. The number of rotatable bonds is 7. The second kappa shape index (κ2) is 9.75. The number of carbonyl (C=O) groups is 3. The Morgan fingerprint density at radius 1 is 1.30 bits per heavy atom. The van der Waals surface area contributed by atoms with Crippen molar-refractivity contribution < 1.29 is 24.2 Å². The van der Waals surface area contributed by atoms with Gasteiger partial charge in [0.1, 0.15) is 18.7 Å². The summed E-state index contributed by atoms with van der Waals surface area (Å²) in [5, 5.41) is 11.9. The van der Waals surface area contributed by atoms with E-state index < -0.39 is 30.1 Å². The van der Waals surface area contributed by atoms with Crippen LogP contribution in [0.1, 0.15) is 38.7 Å². The lowest BCUT2D eigenvalue weighted by atomic mass is 10.1. The fourth-order valence-corrected chi connectivity index (χ4v) is 2.90. The number of carboxylic acids is 1. The van der Waals surface area contributed by atoms with Gasteiger partial charge in [0.2, 0.25) is 5.91 Å². The van der Waals surface area contributed by atoms with Crippen LogP contribution in [0.2, 0.25) is 0 Å². The molecule has 1 aliphatic heterocycles. The van der Waals surface area contributed by atoms with Crippen molar-refractivity contribution in [2.75, 3.05) is 6.54 Å². The van der Waals surface area contributed by atoms with E-state index in [9.17, 15) is 19.5 Å². The van der Waals surface area contributed by atoms with Gasteiger partial charge >= 0.3 is 12.1 Å². The maximum absolute atomic E-state index is 12.5. The first-order valence-corrected chi connectivity index (χ1v) is 9.02. The fourth-order valence-electron chi connectivity index (χ4n) is 2.90. The minimum absolute atomic E-state index is 0.128. The molecule has 0 bridgehead atoms. The molecule has 27 heavy (non-hydrogen) atoms. The van der Waals surface area contributed by atoms with E-state index in [4.69, 9.17) is 4.74 Å². The third-order valence-electron chi connectivity index (χ3n) is 4.37. The molecule has 1 aromatic rings. The van der Waals surface area contributed by atoms with E-state index in [-0.39, 0.29) is 13.0 Å². The second-order valence-electron chi connectivity index (χ2n) is 6.81. The second-order valence-corrected chi connectivity index (χ2v) is 6.81. The molecular weight excluding hydrogens is 348 g/mol. The normalized spacial score (nSPS) is 17.1. The minimum Gasteiger partial charge on any atom is -0.480 e. The Labute approximate surface area is 159 Å². The van der Waals surface area contributed by atoms with Crippen molar-refractivity contribution in [2.24, 2.45) is 0 Å². The Morgan fingerprint density at radius 2 is 2.00 bits per heavy atom. The van der Waals surface area contributed by atoms with Crippen LogP contribution in [0, 0.1) is 0 Å². The molecule has 2 N–H and O–H groups in total. The van der Waals surface area contributed by atoms with Gasteiger partial charge < -0.3 is 15.2 Å². The first kappa shape index (κ1) is 20.5. The lowest BCUT2D eigenvalue weighted by molar-refractivity contribution is -0.142. The SMILES string of the molecule is CC(C)=CC[C@@H](NC(=O)[C@H]1CCCN1C(=O)OCc1ccccc1)C(=O)O. The lowest BCUT2D eigenvalue weighted by Crippen LogP contribution is -2.50. The molecule has 0 spiro atoms. The van der Waals surface area contributed by atoms with Gasteiger partial charge in [-0.3, -0.25) is 9.69 Å². The Morgan fingerprint density at radius 3 is 2.63 bits per heavy atom. The van der Waals surface area contributed by atoms with Crippen molar-refractivity contribution in [3.8, 4) is 0 Å². The van der Waals surface area contributed by atoms with E-state index in [1.807, 2.05) is 44.2 Å². The Balaban J connectivity index is 1.95. The number of hydrogen-bond donors (Lipinski definition) is 2. The molecule has 0 aromatic heterocycles. The molecule has 0 aliphatic carbocycles. The summed E-state index contributed by atoms with van der Waals surface area (Å²) in [6.07, 6.45) is 2.56. The van der Waals surface area contributed by atoms with Gasteiger partial charge in [-0.15, -0.1) is 0 Å². The van der Waals surface area contributed by atoms with Crippen LogP contribution in [0.4, 0.5) is 4.79 Å². The van der Waals surface area contributed by atoms with Crippen LogP contribution in [0.15, 0.2) is 42.0 Å². The van der Waals surface area contributed by atoms with Crippen molar-refractivity contribution >= 4 is 18.0 Å². The number of hydrogen-bond acceptors (Lipinski definition) is 4. The smallest absolute Gasteiger partial charge is 0.410 e. The first-order valence-electron chi connectivity index (χ1n) is 9.02. The molecule has 7 nitrogen and oxygen atoms in total. The lowest BCUT2D eigenvalue weighted by Gasteiger charge is -2.24. The molecule has 1 fully saturated rings. The molecule has 1 saturated heterocycles. The molecule has 0 unspecified atom stereocenters. The Hall–Kier alpha value is -2.83. The summed E-state index contributed by atoms with van der Waals surface area (Å²) >= 11 is 0. The highest BCUT2D eigenvalue weighted by atomic mass is 16.6. The molecular formula is C20H26N2O5. The zero-order valence-electron chi connectivity index (χ0n) is 15.7. The van der Waals surface area contributed by atoms with E-state index in [0.717, 1.165) is 11.1 Å². The predicted octanol–water partition coefficient (Wildman–Crippen LogP) is 2.71. The molecule has 1 aliphatic rings. The number of ether oxygens (including phenoxy) is 1. The number of aliphatic carboxylic acids is 1. The van der Waals surface area contributed by atoms with Crippen molar-refractivity contribution in [3.05, 3.63) is 47.5 Å². The topological polar surface area (TPSA) is 95.9 Å². The van der Waals surface area contributed by atoms with Crippen LogP contribution in [0.25, 0.3) is 0 Å². The van der Waals surface area contributed by atoms with E-state index in [2.05, 4.69) is 5.32 Å². The van der Waals surface area contributed by atoms with Crippen LogP contribution in [0.3, 0.4) is 0 Å². The quantitative estimate of drug-likeness (QED) is 0.716. The van der Waals surface area contributed by atoms with Gasteiger partial charge in [0.25, 0.3) is 0 Å². The van der Waals surface area contributed by atoms with Gasteiger partial charge in [-0.25, -0.2) is 9.59 Å². The number of carbonyl (C=O) groups excluding carboxylic acids is 2. The molecule has 2 atom stereocenters. The summed E-state index contributed by atoms with van der Waals surface area (Å²) in [5.74, 6) is -1.56. The van der Waals surface area contributed by atoms with Crippen LogP contribution in [-0.2, 0) is 20.9 Å². The largest absolute Gasteiger partial charge is 0.480 e. The third kappa shape index (κ3) is 6.13. The number of benzene rings is 1. The molecule has 1 aromatic carbocycles. The molecule has 1 heterocycles. The van der Waals surface area contributed by atoms with Gasteiger partial charge in [0.15, 0.2) is 0 Å². The van der Waals surface area contributed by atoms with Crippen molar-refractivity contribution in [2.45, 2.75) is 51.8 Å². The molecule has 146 valence electrons. The molecule has 7 heteroatoms. The van der Waals surface area contributed by atoms with E-state index in [0.29, 0.717) is 19.4 Å². The monoisotopic (exact) mass is 374 g/mol. The highest BCUT2D eigenvalue weighted by Crippen LogP contribution is 2.19. The van der Waals surface area contributed by atoms with Crippen molar-refractivity contribution in [1.82, 2.24) is 10.2 Å². The number of nitrogens with one attached hydrogen (secondary N) is 1. The standard InChI is InChI=1S/C20H26N2O5/c1-14(2)10-11-16(19(24)25)21-18(23)17-9-6-12-22(17)20(26)27-13-15-7-4-3-5-8-15/h3-5,7-8,10,16-17H,6,9,11-13H2,1-2H3,(H,21,23)(H,24,25)/t16-,17-/m1/s1. The summed E-state index contributed by atoms with van der Waals surface area (Å²) in [4.78, 5) is 37.7. The number of allylic oxidation sites excluding steroid dienone is 1. The van der Waals surface area contributed by atoms with Gasteiger partial charge in [-0.05, 0) is 38.7 Å². The number of carboxylic acid groups (broad SMARTS) is 1. The molecule has 2 amide bonds. The maximum Gasteiger partial charge on any atom is 0.410 e. The van der Waals surface area contributed by atoms with Crippen molar-refractivity contribution in [3.63, 3.8) is 0 Å². The van der Waals surface area contributed by atoms with Crippen molar-refractivity contribution in [1.29, 1.82) is 0 Å². The molecule has 2 rings (SSSR count). The zero-order chi connectivity index (χ0) is 19.8. The van der Waals surface area contributed by atoms with Gasteiger partial charge in [-0.1, -0.05) is 42.0 Å². The summed E-state index contributed by atoms with van der Waals surface area (Å²) in [6, 6.07) is 7.56. The van der Waals surface area contributed by atoms with E-state index >= 15 is 0 Å². The van der Waals surface area contributed by atoms with Gasteiger partial charge in [-0.2, -0.15) is 0 Å². The summed E-state index contributed by atoms with van der Waals surface area (Å²) in [6.45, 7) is 4.27. The zero-order valence-corrected chi connectivity index (χ0v) is 15.7. The summed E-state index contributed by atoms with van der Waals surface area (Å²) in [7, 11) is 0. The van der Waals surface area contributed by atoms with E-state index in [1.165, 1.54) is 4.90 Å². The minimum atomic E-state index is -1.10. The van der Waals surface area contributed by atoms with Crippen LogP contribution in [-0.4, -0.2) is 46.6 Å². The average molecular weight is 374 g/mol. The van der Waals surface area contributed by atoms with Crippen LogP contribution < -0.4 is 5.32 Å². The average Bonchev–Trinajstić information content (AvgIpc) is 3.13. The molecule has 0 radical (unpaired) electrons. The van der Waals surface area contributed by atoms with Crippen LogP contribution >= 0.6 is 0 Å². The highest BCUT2D eigenvalue weighted by Gasteiger charge is 2.36.